The molecule has 0 aromatic rings. The first-order valence-electron chi connectivity index (χ1n) is 4.47. The van der Waals surface area contributed by atoms with Gasteiger partial charge in [-0.05, 0) is 0 Å². The SMILES string of the molecule is C#CCN(CC#C)CN(CC#C)CC#C. The first kappa shape index (κ1) is 13.2. The average Bonchev–Trinajstić information content (AvgIpc) is 2.19. The molecular weight excluding hydrogens is 184 g/mol. The summed E-state index contributed by atoms with van der Waals surface area (Å²) in [4.78, 5) is 3.85. The van der Waals surface area contributed by atoms with E-state index in [1.165, 1.54) is 0 Å². The van der Waals surface area contributed by atoms with Gasteiger partial charge in [-0.2, -0.15) is 0 Å². The third kappa shape index (κ3) is 6.26. The standard InChI is InChI=1S/C13H14N2/c1-5-9-14(10-6-2)13-15(11-7-3)12-8-4/h1-4H,9-13H2. The van der Waals surface area contributed by atoms with Crippen LogP contribution in [-0.2, 0) is 0 Å². The normalized spacial score (nSPS) is 8.93. The van der Waals surface area contributed by atoms with Gasteiger partial charge in [0.1, 0.15) is 0 Å². The van der Waals surface area contributed by atoms with Gasteiger partial charge >= 0.3 is 0 Å². The molecule has 0 bridgehead atoms. The van der Waals surface area contributed by atoms with E-state index in [0.29, 0.717) is 32.8 Å². The number of nitrogens with zero attached hydrogens (tertiary/aromatic N) is 2. The van der Waals surface area contributed by atoms with Crippen LogP contribution >= 0.6 is 0 Å². The van der Waals surface area contributed by atoms with E-state index >= 15 is 0 Å². The minimum absolute atomic E-state index is 0.496. The highest BCUT2D eigenvalue weighted by atomic mass is 15.3. The zero-order valence-corrected chi connectivity index (χ0v) is 8.74. The van der Waals surface area contributed by atoms with Gasteiger partial charge in [0.25, 0.3) is 0 Å². The van der Waals surface area contributed by atoms with Gasteiger partial charge in [0.05, 0.1) is 32.8 Å². The van der Waals surface area contributed by atoms with Crippen LogP contribution in [0.4, 0.5) is 0 Å². The summed E-state index contributed by atoms with van der Waals surface area (Å²) in [5.74, 6) is 10.2. The van der Waals surface area contributed by atoms with Crippen molar-refractivity contribution in [1.29, 1.82) is 0 Å². The summed E-state index contributed by atoms with van der Waals surface area (Å²) in [6.07, 6.45) is 20.9. The number of terminal acetylenes is 4. The van der Waals surface area contributed by atoms with Crippen molar-refractivity contribution in [3.63, 3.8) is 0 Å². The molecule has 0 saturated carbocycles. The molecule has 0 aliphatic heterocycles. The Kier molecular flexibility index (Phi) is 7.67. The van der Waals surface area contributed by atoms with E-state index in [1.807, 2.05) is 9.80 Å². The van der Waals surface area contributed by atoms with Crippen molar-refractivity contribution < 1.29 is 0 Å². The van der Waals surface area contributed by atoms with Crippen LogP contribution in [0.25, 0.3) is 0 Å². The molecule has 15 heavy (non-hydrogen) atoms. The molecule has 0 saturated heterocycles. The van der Waals surface area contributed by atoms with Gasteiger partial charge in [0.15, 0.2) is 0 Å². The van der Waals surface area contributed by atoms with E-state index in [0.717, 1.165) is 0 Å². The van der Waals surface area contributed by atoms with Gasteiger partial charge in [-0.15, -0.1) is 25.7 Å². The third-order valence-electron chi connectivity index (χ3n) is 1.66. The molecule has 0 fully saturated rings. The fraction of sp³-hybridized carbons (Fsp3) is 0.385. The quantitative estimate of drug-likeness (QED) is 0.440. The molecule has 2 nitrogen and oxygen atoms in total. The molecule has 0 spiro atoms. The molecular formula is C13H14N2. The highest BCUT2D eigenvalue weighted by Crippen LogP contribution is 1.93. The zero-order valence-electron chi connectivity index (χ0n) is 8.74. The lowest BCUT2D eigenvalue weighted by Crippen LogP contribution is -2.38. The Morgan fingerprint density at radius 1 is 0.600 bits per heavy atom. The van der Waals surface area contributed by atoms with Crippen molar-refractivity contribution in [2.45, 2.75) is 0 Å². The van der Waals surface area contributed by atoms with Crippen molar-refractivity contribution in [2.75, 3.05) is 32.8 Å². The Bertz CT molecular complexity index is 264. The smallest absolute Gasteiger partial charge is 0.0619 e. The van der Waals surface area contributed by atoms with Crippen LogP contribution in [0.5, 0.6) is 0 Å². The van der Waals surface area contributed by atoms with Gasteiger partial charge in [-0.25, -0.2) is 0 Å². The highest BCUT2D eigenvalue weighted by molar-refractivity contribution is 4.97. The fourth-order valence-electron chi connectivity index (χ4n) is 1.11. The number of hydrogen-bond acceptors (Lipinski definition) is 2. The van der Waals surface area contributed by atoms with Crippen LogP contribution < -0.4 is 0 Å². The van der Waals surface area contributed by atoms with Crippen molar-refractivity contribution in [1.82, 2.24) is 9.80 Å². The van der Waals surface area contributed by atoms with Crippen molar-refractivity contribution in [3.05, 3.63) is 0 Å². The van der Waals surface area contributed by atoms with Crippen LogP contribution in [0.1, 0.15) is 0 Å². The summed E-state index contributed by atoms with van der Waals surface area (Å²) in [6, 6.07) is 0. The average molecular weight is 198 g/mol. The predicted molar refractivity (Wildman–Crippen MR) is 63.3 cm³/mol. The maximum absolute atomic E-state index is 5.22. The molecule has 0 N–H and O–H groups in total. The second-order valence-corrected chi connectivity index (χ2v) is 2.93. The largest absolute Gasteiger partial charge is 0.268 e. The van der Waals surface area contributed by atoms with Crippen molar-refractivity contribution in [2.24, 2.45) is 0 Å². The van der Waals surface area contributed by atoms with E-state index < -0.39 is 0 Å². The summed E-state index contributed by atoms with van der Waals surface area (Å²) in [5.41, 5.74) is 0. The highest BCUT2D eigenvalue weighted by Gasteiger charge is 2.07. The molecule has 0 aromatic carbocycles. The fourth-order valence-corrected chi connectivity index (χ4v) is 1.11. The lowest BCUT2D eigenvalue weighted by atomic mass is 10.4. The van der Waals surface area contributed by atoms with E-state index in [1.54, 1.807) is 0 Å². The molecule has 2 heteroatoms. The molecule has 0 aromatic heterocycles. The maximum Gasteiger partial charge on any atom is 0.0619 e. The van der Waals surface area contributed by atoms with Crippen LogP contribution in [0.3, 0.4) is 0 Å². The monoisotopic (exact) mass is 198 g/mol. The Hall–Kier alpha value is -1.84. The van der Waals surface area contributed by atoms with E-state index in [-0.39, 0.29) is 0 Å². The van der Waals surface area contributed by atoms with E-state index in [2.05, 4.69) is 23.7 Å². The van der Waals surface area contributed by atoms with Crippen LogP contribution in [-0.4, -0.2) is 42.6 Å². The van der Waals surface area contributed by atoms with E-state index in [9.17, 15) is 0 Å². The van der Waals surface area contributed by atoms with Gasteiger partial charge < -0.3 is 0 Å². The van der Waals surface area contributed by atoms with Crippen LogP contribution in [0, 0.1) is 49.4 Å². The Balaban J connectivity index is 4.23. The summed E-state index contributed by atoms with van der Waals surface area (Å²) in [7, 11) is 0. The van der Waals surface area contributed by atoms with E-state index in [4.69, 9.17) is 25.7 Å². The van der Waals surface area contributed by atoms with Gasteiger partial charge in [0, 0.05) is 0 Å². The summed E-state index contributed by atoms with van der Waals surface area (Å²) >= 11 is 0. The third-order valence-corrected chi connectivity index (χ3v) is 1.66. The molecule has 0 radical (unpaired) electrons. The predicted octanol–water partition coefficient (Wildman–Crippen LogP) is 0.0807. The lowest BCUT2D eigenvalue weighted by molar-refractivity contribution is 0.187. The molecule has 0 rings (SSSR count). The molecule has 0 aliphatic rings. The first-order chi connectivity index (χ1) is 7.28. The summed E-state index contributed by atoms with van der Waals surface area (Å²) in [6.45, 7) is 2.58. The minimum Gasteiger partial charge on any atom is -0.268 e. The molecule has 0 heterocycles. The Morgan fingerprint density at radius 3 is 1.07 bits per heavy atom. The molecule has 0 unspecified atom stereocenters. The zero-order chi connectivity index (χ0) is 11.5. The maximum atomic E-state index is 5.22. The molecule has 76 valence electrons. The topological polar surface area (TPSA) is 6.48 Å². The summed E-state index contributed by atoms with van der Waals surface area (Å²) in [5, 5.41) is 0. The molecule has 0 atom stereocenters. The summed E-state index contributed by atoms with van der Waals surface area (Å²) < 4.78 is 0. The van der Waals surface area contributed by atoms with Gasteiger partial charge in [-0.1, -0.05) is 23.7 Å². The molecule has 0 aliphatic carbocycles. The van der Waals surface area contributed by atoms with Crippen LogP contribution in [0.15, 0.2) is 0 Å². The minimum atomic E-state index is 0.496. The Morgan fingerprint density at radius 2 is 0.867 bits per heavy atom. The molecule has 0 amide bonds. The second kappa shape index (κ2) is 8.74. The lowest BCUT2D eigenvalue weighted by Gasteiger charge is -2.24. The van der Waals surface area contributed by atoms with Crippen molar-refractivity contribution >= 4 is 0 Å². The number of rotatable bonds is 6. The first-order valence-corrected chi connectivity index (χ1v) is 4.47. The van der Waals surface area contributed by atoms with Crippen LogP contribution in [0.2, 0.25) is 0 Å². The second-order valence-electron chi connectivity index (χ2n) is 2.93. The van der Waals surface area contributed by atoms with Crippen molar-refractivity contribution in [3.8, 4) is 49.4 Å². The van der Waals surface area contributed by atoms with Gasteiger partial charge in [0.2, 0.25) is 0 Å². The van der Waals surface area contributed by atoms with Gasteiger partial charge in [-0.3, -0.25) is 9.80 Å². The number of hydrogen-bond donors (Lipinski definition) is 0. The Labute approximate surface area is 92.6 Å².